The molecule has 0 fully saturated rings. The van der Waals surface area contributed by atoms with E-state index in [9.17, 15) is 14.7 Å². The first-order chi connectivity index (χ1) is 17.5. The fraction of sp³-hybridized carbons (Fsp3) is 0.310. The second-order valence-electron chi connectivity index (χ2n) is 8.58. The second kappa shape index (κ2) is 11.9. The molecule has 0 aliphatic carbocycles. The number of aliphatic hydroxyl groups is 1. The minimum Gasteiger partial charge on any atom is -0.503 e. The molecule has 4 rings (SSSR count). The fourth-order valence-electron chi connectivity index (χ4n) is 4.33. The molecule has 2 heterocycles. The van der Waals surface area contributed by atoms with Gasteiger partial charge in [0.05, 0.1) is 29.7 Å². The van der Waals surface area contributed by atoms with E-state index in [2.05, 4.69) is 6.92 Å². The van der Waals surface area contributed by atoms with E-state index in [0.717, 1.165) is 24.8 Å². The summed E-state index contributed by atoms with van der Waals surface area (Å²) in [5, 5.41) is 12.7. The number of aliphatic hydroxyl groups excluding tert-OH is 1. The number of carbonyl (C=O) groups is 2. The van der Waals surface area contributed by atoms with E-state index in [4.69, 9.17) is 9.47 Å². The number of nitrogens with zero attached hydrogens (tertiary/aromatic N) is 1. The number of Topliss-reactive ketones (excluding diaryl/α,β-unsaturated/α-hetero) is 1. The van der Waals surface area contributed by atoms with Crippen molar-refractivity contribution >= 4 is 23.0 Å². The zero-order valence-electron chi connectivity index (χ0n) is 20.6. The van der Waals surface area contributed by atoms with Crippen molar-refractivity contribution in [1.82, 2.24) is 4.90 Å². The van der Waals surface area contributed by atoms with Gasteiger partial charge in [-0.1, -0.05) is 62.2 Å². The lowest BCUT2D eigenvalue weighted by atomic mass is 9.94. The number of carbonyl (C=O) groups excluding carboxylic acids is 2. The number of ketones is 1. The molecule has 0 bridgehead atoms. The smallest absolute Gasteiger partial charge is 0.290 e. The van der Waals surface area contributed by atoms with Crippen LogP contribution in [0.1, 0.15) is 60.0 Å². The van der Waals surface area contributed by atoms with Crippen LogP contribution in [0.5, 0.6) is 11.5 Å². The lowest BCUT2D eigenvalue weighted by Gasteiger charge is -2.27. The first-order valence-electron chi connectivity index (χ1n) is 12.3. The average Bonchev–Trinajstić information content (AvgIpc) is 3.51. The van der Waals surface area contributed by atoms with Crippen molar-refractivity contribution in [3.63, 3.8) is 0 Å². The molecule has 0 radical (unpaired) electrons. The summed E-state index contributed by atoms with van der Waals surface area (Å²) in [7, 11) is 0. The molecule has 1 atom stereocenters. The van der Waals surface area contributed by atoms with E-state index in [-0.39, 0.29) is 17.9 Å². The van der Waals surface area contributed by atoms with Gasteiger partial charge in [-0.2, -0.15) is 0 Å². The van der Waals surface area contributed by atoms with Crippen LogP contribution in [0.2, 0.25) is 0 Å². The molecule has 1 unspecified atom stereocenters. The lowest BCUT2D eigenvalue weighted by Crippen LogP contribution is -2.30. The van der Waals surface area contributed by atoms with Gasteiger partial charge >= 0.3 is 0 Å². The Kier molecular flexibility index (Phi) is 8.44. The molecule has 3 aromatic rings. The van der Waals surface area contributed by atoms with Crippen molar-refractivity contribution in [2.75, 3.05) is 13.2 Å². The summed E-state index contributed by atoms with van der Waals surface area (Å²) in [6, 6.07) is 17.7. The van der Waals surface area contributed by atoms with Crippen molar-refractivity contribution in [3.8, 4) is 11.5 Å². The van der Waals surface area contributed by atoms with Crippen molar-refractivity contribution in [2.45, 2.75) is 45.7 Å². The molecule has 36 heavy (non-hydrogen) atoms. The molecule has 1 aliphatic heterocycles. The maximum Gasteiger partial charge on any atom is 0.290 e. The quantitative estimate of drug-likeness (QED) is 0.225. The summed E-state index contributed by atoms with van der Waals surface area (Å²) in [4.78, 5) is 28.8. The molecular weight excluding hydrogens is 474 g/mol. The van der Waals surface area contributed by atoms with Crippen LogP contribution in [-0.4, -0.2) is 34.9 Å². The lowest BCUT2D eigenvalue weighted by molar-refractivity contribution is -0.130. The van der Waals surface area contributed by atoms with E-state index in [1.165, 1.54) is 11.3 Å². The van der Waals surface area contributed by atoms with E-state index in [1.807, 2.05) is 55.5 Å². The first-order valence-corrected chi connectivity index (χ1v) is 13.2. The average molecular weight is 506 g/mol. The zero-order chi connectivity index (χ0) is 25.5. The van der Waals surface area contributed by atoms with Crippen LogP contribution in [0.4, 0.5) is 0 Å². The molecule has 1 aliphatic rings. The largest absolute Gasteiger partial charge is 0.503 e. The Balaban J connectivity index is 1.74. The minimum atomic E-state index is -0.763. The molecule has 188 valence electrons. The Labute approximate surface area is 215 Å². The standard InChI is InChI=1S/C29H31NO5S/c1-3-5-9-16-35-22-15-14-21(18-23(22)34-4-2)26-25(27(31)24-13-10-17-36-24)28(32)29(33)30(26)19-20-11-7-6-8-12-20/h6-8,10-15,17-18,26,32H,3-5,9,16,19H2,1-2H3. The van der Waals surface area contributed by atoms with E-state index >= 15 is 0 Å². The van der Waals surface area contributed by atoms with E-state index < -0.39 is 17.7 Å². The number of ether oxygens (including phenoxy) is 2. The van der Waals surface area contributed by atoms with Crippen LogP contribution < -0.4 is 9.47 Å². The predicted octanol–water partition coefficient (Wildman–Crippen LogP) is 6.49. The third kappa shape index (κ3) is 5.46. The Morgan fingerprint density at radius 1 is 1.00 bits per heavy atom. The summed E-state index contributed by atoms with van der Waals surface area (Å²) >= 11 is 1.28. The number of hydrogen-bond acceptors (Lipinski definition) is 6. The Morgan fingerprint density at radius 3 is 2.50 bits per heavy atom. The zero-order valence-corrected chi connectivity index (χ0v) is 21.4. The van der Waals surface area contributed by atoms with Crippen LogP contribution in [-0.2, 0) is 11.3 Å². The number of rotatable bonds is 12. The predicted molar refractivity (Wildman–Crippen MR) is 141 cm³/mol. The Hall–Kier alpha value is -3.58. The topological polar surface area (TPSA) is 76.1 Å². The highest BCUT2D eigenvalue weighted by Gasteiger charge is 2.44. The molecule has 1 N–H and O–H groups in total. The van der Waals surface area contributed by atoms with E-state index in [0.29, 0.717) is 35.2 Å². The number of thiophene rings is 1. The van der Waals surface area contributed by atoms with Gasteiger partial charge in [-0.05, 0) is 48.1 Å². The van der Waals surface area contributed by atoms with Crippen LogP contribution in [0, 0.1) is 0 Å². The van der Waals surface area contributed by atoms with Crippen molar-refractivity contribution < 1.29 is 24.2 Å². The highest BCUT2D eigenvalue weighted by molar-refractivity contribution is 7.12. The molecule has 0 saturated carbocycles. The molecule has 1 amide bonds. The van der Waals surface area contributed by atoms with Gasteiger partial charge in [0.1, 0.15) is 0 Å². The molecule has 6 nitrogen and oxygen atoms in total. The van der Waals surface area contributed by atoms with Gasteiger partial charge in [0.25, 0.3) is 5.91 Å². The summed E-state index contributed by atoms with van der Waals surface area (Å²) < 4.78 is 11.9. The molecule has 1 aromatic heterocycles. The molecule has 0 saturated heterocycles. The van der Waals surface area contributed by atoms with Gasteiger partial charge in [-0.3, -0.25) is 9.59 Å². The van der Waals surface area contributed by atoms with Gasteiger partial charge in [0.15, 0.2) is 17.3 Å². The monoisotopic (exact) mass is 505 g/mol. The van der Waals surface area contributed by atoms with Crippen LogP contribution in [0.3, 0.4) is 0 Å². The maximum atomic E-state index is 13.5. The molecule has 0 spiro atoms. The highest BCUT2D eigenvalue weighted by atomic mass is 32.1. The first kappa shape index (κ1) is 25.5. The summed E-state index contributed by atoms with van der Waals surface area (Å²) in [6.45, 7) is 5.30. The van der Waals surface area contributed by atoms with Crippen molar-refractivity contribution in [3.05, 3.63) is 93.4 Å². The highest BCUT2D eigenvalue weighted by Crippen LogP contribution is 2.43. The number of benzene rings is 2. The van der Waals surface area contributed by atoms with Crippen molar-refractivity contribution in [1.29, 1.82) is 0 Å². The Bertz CT molecular complexity index is 1220. The van der Waals surface area contributed by atoms with Crippen LogP contribution >= 0.6 is 11.3 Å². The number of hydrogen-bond donors (Lipinski definition) is 1. The maximum absolute atomic E-state index is 13.5. The van der Waals surface area contributed by atoms with E-state index in [1.54, 1.807) is 22.4 Å². The van der Waals surface area contributed by atoms with Gasteiger partial charge < -0.3 is 19.5 Å². The minimum absolute atomic E-state index is 0.0810. The van der Waals surface area contributed by atoms with Crippen LogP contribution in [0.25, 0.3) is 0 Å². The van der Waals surface area contributed by atoms with Gasteiger partial charge in [0, 0.05) is 6.54 Å². The molecular formula is C29H31NO5S. The van der Waals surface area contributed by atoms with Gasteiger partial charge in [0.2, 0.25) is 5.78 Å². The van der Waals surface area contributed by atoms with Crippen molar-refractivity contribution in [2.24, 2.45) is 0 Å². The summed E-state index contributed by atoms with van der Waals surface area (Å²) in [6.07, 6.45) is 3.13. The van der Waals surface area contributed by atoms with Gasteiger partial charge in [-0.15, -0.1) is 11.3 Å². The number of unbranched alkanes of at least 4 members (excludes halogenated alkanes) is 2. The summed E-state index contributed by atoms with van der Waals surface area (Å²) in [5.41, 5.74) is 1.65. The molecule has 7 heteroatoms. The second-order valence-corrected chi connectivity index (χ2v) is 9.53. The summed E-state index contributed by atoms with van der Waals surface area (Å²) in [5.74, 6) is -0.258. The normalized spacial score (nSPS) is 15.4. The van der Waals surface area contributed by atoms with Gasteiger partial charge in [-0.25, -0.2) is 0 Å². The van der Waals surface area contributed by atoms with Crippen LogP contribution in [0.15, 0.2) is 77.4 Å². The molecule has 2 aromatic carbocycles. The number of amides is 1. The third-order valence-electron chi connectivity index (χ3n) is 6.08. The third-order valence-corrected chi connectivity index (χ3v) is 6.95. The Morgan fingerprint density at radius 2 is 1.81 bits per heavy atom. The SMILES string of the molecule is CCCCCOc1ccc(C2C(C(=O)c3cccs3)=C(O)C(=O)N2Cc2ccccc2)cc1OCC. The fourth-order valence-corrected chi connectivity index (χ4v) is 5.01.